The van der Waals surface area contributed by atoms with Gasteiger partial charge in [0.2, 0.25) is 0 Å². The number of hydrogen-bond donors (Lipinski definition) is 2. The zero-order chi connectivity index (χ0) is 14.8. The fourth-order valence-electron chi connectivity index (χ4n) is 1.71. The van der Waals surface area contributed by atoms with Gasteiger partial charge in [-0.3, -0.25) is 0 Å². The molecule has 0 aliphatic carbocycles. The summed E-state index contributed by atoms with van der Waals surface area (Å²) in [5.74, 6) is 0. The Hall–Kier alpha value is -1.82. The normalized spacial score (nSPS) is 11.4. The number of anilines is 3. The molecule has 0 saturated heterocycles. The van der Waals surface area contributed by atoms with Gasteiger partial charge in [-0.2, -0.15) is 13.2 Å². The van der Waals surface area contributed by atoms with Gasteiger partial charge in [0.05, 0.1) is 16.9 Å². The molecule has 2 rings (SSSR count). The van der Waals surface area contributed by atoms with Crippen LogP contribution in [0.1, 0.15) is 5.56 Å². The van der Waals surface area contributed by atoms with Crippen molar-refractivity contribution >= 4 is 28.8 Å². The van der Waals surface area contributed by atoms with Gasteiger partial charge >= 0.3 is 6.18 Å². The fourth-order valence-corrected chi connectivity index (χ4v) is 2.17. The quantitative estimate of drug-likeness (QED) is 0.634. The summed E-state index contributed by atoms with van der Waals surface area (Å²) in [4.78, 5) is 1.06. The van der Waals surface area contributed by atoms with E-state index in [2.05, 4.69) is 5.32 Å². The fraction of sp³-hybridized carbons (Fsp3) is 0.143. The molecular weight excluding hydrogens is 285 g/mol. The first kappa shape index (κ1) is 14.6. The lowest BCUT2D eigenvalue weighted by molar-refractivity contribution is -0.137. The van der Waals surface area contributed by atoms with E-state index in [0.717, 1.165) is 22.7 Å². The lowest BCUT2D eigenvalue weighted by atomic mass is 10.1. The Labute approximate surface area is 119 Å². The number of nitrogens with two attached hydrogens (primary N) is 1. The Bertz CT molecular complexity index is 612. The Morgan fingerprint density at radius 3 is 2.45 bits per heavy atom. The average molecular weight is 298 g/mol. The van der Waals surface area contributed by atoms with Crippen molar-refractivity contribution in [3.8, 4) is 0 Å². The van der Waals surface area contributed by atoms with Crippen molar-refractivity contribution in [2.75, 3.05) is 17.3 Å². The van der Waals surface area contributed by atoms with Gasteiger partial charge in [0, 0.05) is 10.6 Å². The zero-order valence-electron chi connectivity index (χ0n) is 10.7. The van der Waals surface area contributed by atoms with Gasteiger partial charge in [-0.25, -0.2) is 0 Å². The number of halogens is 3. The van der Waals surface area contributed by atoms with E-state index in [1.54, 1.807) is 11.8 Å². The standard InChI is InChI=1S/C14H13F3N2S/c1-20-11-4-2-3-10(8-11)19-13-6-5-9(7-12(13)18)14(15,16)17/h2-8,19H,18H2,1H3. The molecule has 2 aromatic rings. The van der Waals surface area contributed by atoms with Crippen molar-refractivity contribution in [1.29, 1.82) is 0 Å². The molecule has 106 valence electrons. The number of hydrogen-bond acceptors (Lipinski definition) is 3. The molecule has 0 saturated carbocycles. The molecule has 0 amide bonds. The summed E-state index contributed by atoms with van der Waals surface area (Å²) < 4.78 is 37.6. The van der Waals surface area contributed by atoms with Gasteiger partial charge in [-0.1, -0.05) is 6.07 Å². The number of thioether (sulfide) groups is 1. The molecule has 0 atom stereocenters. The molecule has 3 N–H and O–H groups in total. The maximum atomic E-state index is 12.5. The van der Waals surface area contributed by atoms with E-state index in [1.807, 2.05) is 30.5 Å². The first-order chi connectivity index (χ1) is 9.40. The summed E-state index contributed by atoms with van der Waals surface area (Å²) in [6, 6.07) is 10.8. The van der Waals surface area contributed by atoms with E-state index in [1.165, 1.54) is 6.07 Å². The van der Waals surface area contributed by atoms with Crippen molar-refractivity contribution in [3.05, 3.63) is 48.0 Å². The van der Waals surface area contributed by atoms with Crippen LogP contribution in [0.25, 0.3) is 0 Å². The number of benzene rings is 2. The summed E-state index contributed by atoms with van der Waals surface area (Å²) in [7, 11) is 0. The molecule has 0 aliphatic heterocycles. The first-order valence-electron chi connectivity index (χ1n) is 5.78. The summed E-state index contributed by atoms with van der Waals surface area (Å²) >= 11 is 1.58. The topological polar surface area (TPSA) is 38.0 Å². The van der Waals surface area contributed by atoms with Gasteiger partial charge in [0.25, 0.3) is 0 Å². The average Bonchev–Trinajstić information content (AvgIpc) is 2.40. The predicted molar refractivity (Wildman–Crippen MR) is 77.4 cm³/mol. The zero-order valence-corrected chi connectivity index (χ0v) is 11.5. The van der Waals surface area contributed by atoms with Crippen LogP contribution < -0.4 is 11.1 Å². The molecule has 0 radical (unpaired) electrons. The van der Waals surface area contributed by atoms with Crippen LogP contribution >= 0.6 is 11.8 Å². The second-order valence-electron chi connectivity index (χ2n) is 4.16. The molecule has 0 spiro atoms. The maximum absolute atomic E-state index is 12.5. The van der Waals surface area contributed by atoms with E-state index in [0.29, 0.717) is 5.69 Å². The monoisotopic (exact) mass is 298 g/mol. The second-order valence-corrected chi connectivity index (χ2v) is 5.04. The predicted octanol–water partition coefficient (Wildman–Crippen LogP) is 4.75. The minimum Gasteiger partial charge on any atom is -0.397 e. The minimum absolute atomic E-state index is 0.0642. The highest BCUT2D eigenvalue weighted by Gasteiger charge is 2.30. The van der Waals surface area contributed by atoms with Crippen molar-refractivity contribution in [2.24, 2.45) is 0 Å². The van der Waals surface area contributed by atoms with Crippen molar-refractivity contribution in [1.82, 2.24) is 0 Å². The van der Waals surface area contributed by atoms with Crippen LogP contribution in [-0.4, -0.2) is 6.26 Å². The summed E-state index contributed by atoms with van der Waals surface area (Å²) in [6.07, 6.45) is -2.43. The Balaban J connectivity index is 2.25. The maximum Gasteiger partial charge on any atom is 0.416 e. The molecule has 0 fully saturated rings. The minimum atomic E-state index is -4.38. The van der Waals surface area contributed by atoms with Gasteiger partial charge in [-0.15, -0.1) is 11.8 Å². The molecule has 6 heteroatoms. The van der Waals surface area contributed by atoms with Crippen LogP contribution in [-0.2, 0) is 6.18 Å². The van der Waals surface area contributed by atoms with Crippen LogP contribution in [0.15, 0.2) is 47.4 Å². The van der Waals surface area contributed by atoms with Crippen LogP contribution in [0.5, 0.6) is 0 Å². The summed E-state index contributed by atoms with van der Waals surface area (Å²) in [5.41, 5.74) is 6.22. The number of alkyl halides is 3. The molecule has 2 aromatic carbocycles. The molecule has 0 unspecified atom stereocenters. The van der Waals surface area contributed by atoms with Gasteiger partial charge in [-0.05, 0) is 42.7 Å². The van der Waals surface area contributed by atoms with Gasteiger partial charge in [0.1, 0.15) is 0 Å². The molecule has 20 heavy (non-hydrogen) atoms. The SMILES string of the molecule is CSc1cccc(Nc2ccc(C(F)(F)F)cc2N)c1. The van der Waals surface area contributed by atoms with Crippen LogP contribution in [0, 0.1) is 0 Å². The third-order valence-corrected chi connectivity index (χ3v) is 3.45. The van der Waals surface area contributed by atoms with Crippen LogP contribution in [0.4, 0.5) is 30.2 Å². The highest BCUT2D eigenvalue weighted by molar-refractivity contribution is 7.98. The number of nitrogens with one attached hydrogen (secondary N) is 1. The lowest BCUT2D eigenvalue weighted by Gasteiger charge is -2.13. The number of rotatable bonds is 3. The van der Waals surface area contributed by atoms with Gasteiger partial charge in [0.15, 0.2) is 0 Å². The molecule has 0 aliphatic rings. The van der Waals surface area contributed by atoms with E-state index in [9.17, 15) is 13.2 Å². The second kappa shape index (κ2) is 5.66. The van der Waals surface area contributed by atoms with Crippen LogP contribution in [0.2, 0.25) is 0 Å². The largest absolute Gasteiger partial charge is 0.416 e. The van der Waals surface area contributed by atoms with E-state index < -0.39 is 11.7 Å². The van der Waals surface area contributed by atoms with Crippen molar-refractivity contribution < 1.29 is 13.2 Å². The number of nitrogen functional groups attached to an aromatic ring is 1. The Morgan fingerprint density at radius 1 is 1.10 bits per heavy atom. The first-order valence-corrected chi connectivity index (χ1v) is 7.00. The van der Waals surface area contributed by atoms with Crippen LogP contribution in [0.3, 0.4) is 0 Å². The third kappa shape index (κ3) is 3.39. The van der Waals surface area contributed by atoms with E-state index in [-0.39, 0.29) is 5.69 Å². The highest BCUT2D eigenvalue weighted by atomic mass is 32.2. The third-order valence-electron chi connectivity index (χ3n) is 2.73. The lowest BCUT2D eigenvalue weighted by Crippen LogP contribution is -2.06. The summed E-state index contributed by atoms with van der Waals surface area (Å²) in [6.45, 7) is 0. The van der Waals surface area contributed by atoms with E-state index >= 15 is 0 Å². The highest BCUT2D eigenvalue weighted by Crippen LogP contribution is 2.34. The summed E-state index contributed by atoms with van der Waals surface area (Å²) in [5, 5.41) is 3.02. The smallest absolute Gasteiger partial charge is 0.397 e. The Morgan fingerprint density at radius 2 is 1.85 bits per heavy atom. The Kier molecular flexibility index (Phi) is 4.13. The van der Waals surface area contributed by atoms with Crippen molar-refractivity contribution in [3.63, 3.8) is 0 Å². The molecular formula is C14H13F3N2S. The molecule has 0 bridgehead atoms. The molecule has 0 aromatic heterocycles. The molecule has 2 nitrogen and oxygen atoms in total. The molecule has 0 heterocycles. The van der Waals surface area contributed by atoms with Gasteiger partial charge < -0.3 is 11.1 Å². The van der Waals surface area contributed by atoms with E-state index in [4.69, 9.17) is 5.73 Å². The van der Waals surface area contributed by atoms with Crippen molar-refractivity contribution in [2.45, 2.75) is 11.1 Å².